The number of hydrogen-bond donors (Lipinski definition) is 1. The van der Waals surface area contributed by atoms with Gasteiger partial charge in [0.1, 0.15) is 5.01 Å². The predicted molar refractivity (Wildman–Crippen MR) is 84.3 cm³/mol. The summed E-state index contributed by atoms with van der Waals surface area (Å²) in [5.41, 5.74) is 1.40. The van der Waals surface area contributed by atoms with E-state index in [0.717, 1.165) is 38.6 Å². The van der Waals surface area contributed by atoms with E-state index in [-0.39, 0.29) is 0 Å². The molecule has 1 aliphatic carbocycles. The molecule has 1 saturated heterocycles. The second kappa shape index (κ2) is 6.10. The van der Waals surface area contributed by atoms with Gasteiger partial charge in [0.25, 0.3) is 0 Å². The van der Waals surface area contributed by atoms with E-state index < -0.39 is 0 Å². The van der Waals surface area contributed by atoms with E-state index in [4.69, 9.17) is 4.98 Å². The van der Waals surface area contributed by atoms with Gasteiger partial charge in [-0.05, 0) is 33.5 Å². The van der Waals surface area contributed by atoms with Crippen LogP contribution in [0.15, 0.2) is 0 Å². The summed E-state index contributed by atoms with van der Waals surface area (Å²) < 4.78 is 0. The molecule has 0 spiro atoms. The van der Waals surface area contributed by atoms with Crippen molar-refractivity contribution >= 4 is 11.3 Å². The van der Waals surface area contributed by atoms with E-state index in [0.29, 0.717) is 6.04 Å². The molecule has 0 aromatic carbocycles. The van der Waals surface area contributed by atoms with Crippen molar-refractivity contribution in [2.24, 2.45) is 0 Å². The molecule has 5 heteroatoms. The maximum Gasteiger partial charge on any atom is 0.112 e. The summed E-state index contributed by atoms with van der Waals surface area (Å²) in [4.78, 5) is 11.4. The molecule has 1 atom stereocenters. The summed E-state index contributed by atoms with van der Waals surface area (Å²) in [6.07, 6.45) is 2.67. The van der Waals surface area contributed by atoms with Crippen molar-refractivity contribution in [3.63, 3.8) is 0 Å². The fourth-order valence-corrected chi connectivity index (χ4v) is 4.12. The zero-order chi connectivity index (χ0) is 14.1. The molecule has 1 saturated carbocycles. The van der Waals surface area contributed by atoms with Crippen LogP contribution >= 0.6 is 11.3 Å². The lowest BCUT2D eigenvalue weighted by Gasteiger charge is -2.36. The Kier molecular flexibility index (Phi) is 4.40. The molecule has 2 fully saturated rings. The third-order valence-electron chi connectivity index (χ3n) is 4.38. The quantitative estimate of drug-likeness (QED) is 0.900. The van der Waals surface area contributed by atoms with Crippen LogP contribution in [0.4, 0.5) is 0 Å². The second-order valence-electron chi connectivity index (χ2n) is 6.17. The van der Waals surface area contributed by atoms with Gasteiger partial charge in [0.05, 0.1) is 11.7 Å². The molecule has 112 valence electrons. The Labute approximate surface area is 126 Å². The van der Waals surface area contributed by atoms with E-state index in [9.17, 15) is 0 Å². The Hall–Kier alpha value is -0.490. The number of nitrogens with zero attached hydrogens (tertiary/aromatic N) is 3. The Morgan fingerprint density at radius 3 is 2.80 bits per heavy atom. The highest BCUT2D eigenvalue weighted by Gasteiger charge is 2.32. The van der Waals surface area contributed by atoms with Crippen LogP contribution in [0.5, 0.6) is 0 Å². The maximum absolute atomic E-state index is 5.04. The molecular weight excluding hydrogens is 268 g/mol. The van der Waals surface area contributed by atoms with E-state index in [1.165, 1.54) is 28.4 Å². The second-order valence-corrected chi connectivity index (χ2v) is 7.29. The van der Waals surface area contributed by atoms with E-state index in [2.05, 4.69) is 36.1 Å². The number of thiazole rings is 1. The summed E-state index contributed by atoms with van der Waals surface area (Å²) in [5.74, 6) is 0.750. The van der Waals surface area contributed by atoms with Crippen LogP contribution in [0, 0.1) is 0 Å². The summed E-state index contributed by atoms with van der Waals surface area (Å²) >= 11 is 1.94. The van der Waals surface area contributed by atoms with Gasteiger partial charge >= 0.3 is 0 Å². The van der Waals surface area contributed by atoms with Crippen molar-refractivity contribution in [2.45, 2.75) is 38.3 Å². The Bertz CT molecular complexity index is 455. The van der Waals surface area contributed by atoms with Crippen LogP contribution in [0.2, 0.25) is 0 Å². The molecule has 1 unspecified atom stereocenters. The van der Waals surface area contributed by atoms with Gasteiger partial charge < -0.3 is 10.2 Å². The number of rotatable bonds is 5. The number of likely N-dealkylation sites (N-methyl/N-ethyl adjacent to an activating group) is 2. The highest BCUT2D eigenvalue weighted by Crippen LogP contribution is 2.44. The van der Waals surface area contributed by atoms with Crippen LogP contribution < -0.4 is 5.32 Å². The van der Waals surface area contributed by atoms with Gasteiger partial charge in [-0.2, -0.15) is 0 Å². The Balaban J connectivity index is 1.81. The molecule has 1 aliphatic heterocycles. The zero-order valence-corrected chi connectivity index (χ0v) is 13.7. The van der Waals surface area contributed by atoms with Crippen molar-refractivity contribution < 1.29 is 0 Å². The molecule has 0 bridgehead atoms. The molecule has 0 amide bonds. The molecule has 20 heavy (non-hydrogen) atoms. The van der Waals surface area contributed by atoms with Crippen molar-refractivity contribution in [3.8, 4) is 0 Å². The lowest BCUT2D eigenvalue weighted by atomic mass is 10.2. The van der Waals surface area contributed by atoms with Crippen molar-refractivity contribution in [2.75, 3.05) is 40.3 Å². The van der Waals surface area contributed by atoms with Gasteiger partial charge in [-0.3, -0.25) is 4.90 Å². The first-order chi connectivity index (χ1) is 9.69. The highest BCUT2D eigenvalue weighted by molar-refractivity contribution is 7.11. The van der Waals surface area contributed by atoms with Crippen LogP contribution in [0.3, 0.4) is 0 Å². The molecular formula is C15H26N4S. The van der Waals surface area contributed by atoms with Crippen molar-refractivity contribution in [1.82, 2.24) is 20.1 Å². The first-order valence-corrected chi connectivity index (χ1v) is 8.59. The minimum absolute atomic E-state index is 0.478. The molecule has 4 nitrogen and oxygen atoms in total. The average Bonchev–Trinajstić information content (AvgIpc) is 3.20. The topological polar surface area (TPSA) is 31.4 Å². The van der Waals surface area contributed by atoms with E-state index >= 15 is 0 Å². The first kappa shape index (κ1) is 14.4. The summed E-state index contributed by atoms with van der Waals surface area (Å²) in [7, 11) is 4.45. The van der Waals surface area contributed by atoms with Gasteiger partial charge in [0.2, 0.25) is 0 Å². The molecule has 1 aromatic heterocycles. The van der Waals surface area contributed by atoms with Crippen LogP contribution in [0.25, 0.3) is 0 Å². The third kappa shape index (κ3) is 3.06. The molecule has 2 heterocycles. The minimum atomic E-state index is 0.478. The van der Waals surface area contributed by atoms with Crippen molar-refractivity contribution in [3.05, 3.63) is 15.6 Å². The molecule has 2 aliphatic rings. The predicted octanol–water partition coefficient (Wildman–Crippen LogP) is 2.05. The lowest BCUT2D eigenvalue weighted by molar-refractivity contribution is 0.115. The number of aromatic nitrogens is 1. The number of piperazine rings is 1. The largest absolute Gasteiger partial charge is 0.312 e. The Morgan fingerprint density at radius 2 is 2.10 bits per heavy atom. The van der Waals surface area contributed by atoms with Crippen LogP contribution in [-0.2, 0) is 6.54 Å². The van der Waals surface area contributed by atoms with E-state index in [1.54, 1.807) is 0 Å². The van der Waals surface area contributed by atoms with Crippen LogP contribution in [-0.4, -0.2) is 55.1 Å². The van der Waals surface area contributed by atoms with Gasteiger partial charge in [-0.15, -0.1) is 11.3 Å². The van der Waals surface area contributed by atoms with E-state index in [1.807, 2.05) is 11.3 Å². The normalized spacial score (nSPS) is 25.2. The molecule has 1 N–H and O–H groups in total. The van der Waals surface area contributed by atoms with Crippen molar-refractivity contribution in [1.29, 1.82) is 0 Å². The fourth-order valence-electron chi connectivity index (χ4n) is 2.84. The molecule has 1 aromatic rings. The Morgan fingerprint density at radius 1 is 1.30 bits per heavy atom. The first-order valence-electron chi connectivity index (χ1n) is 7.78. The standard InChI is InChI=1S/C15H26N4S/c1-4-16-9-13-14(11-5-6-11)17-15(20-13)12-10-18(2)7-8-19(12)3/h11-12,16H,4-10H2,1-3H3. The monoisotopic (exact) mass is 294 g/mol. The summed E-state index contributed by atoms with van der Waals surface area (Å²) in [6, 6.07) is 0.478. The number of nitrogens with one attached hydrogen (secondary N) is 1. The summed E-state index contributed by atoms with van der Waals surface area (Å²) in [5, 5.41) is 4.80. The van der Waals surface area contributed by atoms with Crippen LogP contribution in [0.1, 0.15) is 47.3 Å². The van der Waals surface area contributed by atoms with Gasteiger partial charge in [0.15, 0.2) is 0 Å². The third-order valence-corrected chi connectivity index (χ3v) is 5.55. The summed E-state index contributed by atoms with van der Waals surface area (Å²) in [6.45, 7) is 7.60. The van der Waals surface area contributed by atoms with Gasteiger partial charge in [-0.1, -0.05) is 6.92 Å². The fraction of sp³-hybridized carbons (Fsp3) is 0.800. The molecule has 0 radical (unpaired) electrons. The number of hydrogen-bond acceptors (Lipinski definition) is 5. The SMILES string of the molecule is CCNCc1sc(C2CN(C)CCN2C)nc1C1CC1. The maximum atomic E-state index is 5.04. The highest BCUT2D eigenvalue weighted by atomic mass is 32.1. The van der Waals surface area contributed by atoms with Gasteiger partial charge in [0, 0.05) is 37.0 Å². The minimum Gasteiger partial charge on any atom is -0.312 e. The smallest absolute Gasteiger partial charge is 0.112 e. The average molecular weight is 294 g/mol. The zero-order valence-electron chi connectivity index (χ0n) is 12.9. The molecule has 3 rings (SSSR count). The van der Waals surface area contributed by atoms with Gasteiger partial charge in [-0.25, -0.2) is 4.98 Å². The lowest BCUT2D eigenvalue weighted by Crippen LogP contribution is -2.44.